The Kier molecular flexibility index (Phi) is 9.32. The van der Waals surface area contributed by atoms with Crippen molar-refractivity contribution in [3.8, 4) is 11.5 Å². The smallest absolute Gasteiger partial charge is 0.336 e. The minimum Gasteiger partial charge on any atom is -0.494 e. The van der Waals surface area contributed by atoms with Gasteiger partial charge in [-0.25, -0.2) is 10.2 Å². The summed E-state index contributed by atoms with van der Waals surface area (Å²) >= 11 is 3.34. The van der Waals surface area contributed by atoms with E-state index >= 15 is 0 Å². The number of nitrogens with zero attached hydrogens (tertiary/aromatic N) is 1. The summed E-state index contributed by atoms with van der Waals surface area (Å²) in [7, 11) is 0. The maximum atomic E-state index is 12.2. The molecule has 0 saturated heterocycles. The van der Waals surface area contributed by atoms with Crippen molar-refractivity contribution in [1.29, 1.82) is 0 Å². The summed E-state index contributed by atoms with van der Waals surface area (Å²) in [6, 6.07) is 20.9. The van der Waals surface area contributed by atoms with Crippen molar-refractivity contribution in [3.63, 3.8) is 0 Å². The zero-order chi connectivity index (χ0) is 25.0. The van der Waals surface area contributed by atoms with Crippen LogP contribution in [0.4, 0.5) is 5.69 Å². The van der Waals surface area contributed by atoms with E-state index in [0.717, 1.165) is 5.56 Å². The number of esters is 1. The Labute approximate surface area is 210 Å². The highest BCUT2D eigenvalue weighted by atomic mass is 79.9. The SMILES string of the molecule is CCOc1ccc(NC(=O)C(=O)N/N=C/c2cc(Br)ccc2OC(=O)/C=C/c2ccccc2)cc1. The van der Waals surface area contributed by atoms with Gasteiger partial charge >= 0.3 is 17.8 Å². The number of halogens is 1. The van der Waals surface area contributed by atoms with E-state index in [9.17, 15) is 14.4 Å². The molecule has 2 N–H and O–H groups in total. The predicted octanol–water partition coefficient (Wildman–Crippen LogP) is 4.56. The molecule has 0 radical (unpaired) electrons. The molecule has 35 heavy (non-hydrogen) atoms. The van der Waals surface area contributed by atoms with Crippen molar-refractivity contribution in [3.05, 3.63) is 94.5 Å². The van der Waals surface area contributed by atoms with Crippen LogP contribution in [0.25, 0.3) is 6.08 Å². The van der Waals surface area contributed by atoms with Crippen LogP contribution >= 0.6 is 15.9 Å². The van der Waals surface area contributed by atoms with Crippen LogP contribution in [0.1, 0.15) is 18.1 Å². The fourth-order valence-electron chi connectivity index (χ4n) is 2.78. The zero-order valence-corrected chi connectivity index (χ0v) is 20.3. The molecule has 0 aliphatic heterocycles. The highest BCUT2D eigenvalue weighted by Crippen LogP contribution is 2.22. The number of nitrogens with one attached hydrogen (secondary N) is 2. The molecule has 0 fully saturated rings. The van der Waals surface area contributed by atoms with Crippen molar-refractivity contribution in [2.75, 3.05) is 11.9 Å². The minimum absolute atomic E-state index is 0.229. The van der Waals surface area contributed by atoms with E-state index in [0.29, 0.717) is 28.1 Å². The maximum Gasteiger partial charge on any atom is 0.336 e. The molecule has 178 valence electrons. The molecule has 9 heteroatoms. The molecule has 3 rings (SSSR count). The van der Waals surface area contributed by atoms with Crippen LogP contribution in [-0.4, -0.2) is 30.6 Å². The van der Waals surface area contributed by atoms with Crippen LogP contribution < -0.4 is 20.2 Å². The normalized spacial score (nSPS) is 10.8. The molecule has 0 aliphatic carbocycles. The summed E-state index contributed by atoms with van der Waals surface area (Å²) < 4.78 is 11.4. The fraction of sp³-hybridized carbons (Fsp3) is 0.0769. The molecule has 0 atom stereocenters. The van der Waals surface area contributed by atoms with Gasteiger partial charge in [0.2, 0.25) is 0 Å². The number of ether oxygens (including phenoxy) is 2. The number of hydrogen-bond acceptors (Lipinski definition) is 6. The third-order valence-corrected chi connectivity index (χ3v) is 4.89. The molecule has 3 aromatic carbocycles. The van der Waals surface area contributed by atoms with Crippen LogP contribution in [-0.2, 0) is 14.4 Å². The number of rotatable bonds is 8. The van der Waals surface area contributed by atoms with Gasteiger partial charge in [-0.05, 0) is 61.0 Å². The van der Waals surface area contributed by atoms with Gasteiger partial charge in [0.25, 0.3) is 0 Å². The molecule has 0 bridgehead atoms. The Hall–Kier alpha value is -4.24. The standard InChI is InChI=1S/C26H22BrN3O5/c1-2-34-22-12-10-21(11-13-22)29-25(32)26(33)30-28-17-19-16-20(27)9-14-23(19)35-24(31)15-8-18-6-4-3-5-7-18/h3-17H,2H2,1H3,(H,29,32)(H,30,33)/b15-8+,28-17+. The number of amides is 2. The van der Waals surface area contributed by atoms with Gasteiger partial charge < -0.3 is 14.8 Å². The Bertz CT molecular complexity index is 1240. The van der Waals surface area contributed by atoms with E-state index in [2.05, 4.69) is 31.8 Å². The Morgan fingerprint density at radius 2 is 1.71 bits per heavy atom. The first-order chi connectivity index (χ1) is 16.9. The van der Waals surface area contributed by atoms with Gasteiger partial charge in [-0.1, -0.05) is 46.3 Å². The first-order valence-corrected chi connectivity index (χ1v) is 11.4. The van der Waals surface area contributed by atoms with Gasteiger partial charge in [0, 0.05) is 21.8 Å². The highest BCUT2D eigenvalue weighted by Gasteiger charge is 2.13. The number of hydrogen-bond donors (Lipinski definition) is 2. The molecular formula is C26H22BrN3O5. The number of carbonyl (C=O) groups excluding carboxylic acids is 3. The molecule has 0 aliphatic rings. The van der Waals surface area contributed by atoms with Gasteiger partial charge in [0.1, 0.15) is 11.5 Å². The van der Waals surface area contributed by atoms with Crippen molar-refractivity contribution in [2.24, 2.45) is 5.10 Å². The number of hydrazone groups is 1. The van der Waals surface area contributed by atoms with Crippen LogP contribution in [0, 0.1) is 0 Å². The third kappa shape index (κ3) is 8.24. The zero-order valence-electron chi connectivity index (χ0n) is 18.7. The second-order valence-corrected chi connectivity index (χ2v) is 7.87. The van der Waals surface area contributed by atoms with Gasteiger partial charge in [-0.2, -0.15) is 5.10 Å². The molecule has 0 aromatic heterocycles. The van der Waals surface area contributed by atoms with Crippen LogP contribution in [0.3, 0.4) is 0 Å². The van der Waals surface area contributed by atoms with Crippen molar-refractivity contribution >= 4 is 51.7 Å². The second-order valence-electron chi connectivity index (χ2n) is 6.96. The molecule has 2 amide bonds. The third-order valence-electron chi connectivity index (χ3n) is 4.39. The van der Waals surface area contributed by atoms with Crippen molar-refractivity contribution < 1.29 is 23.9 Å². The molecule has 0 heterocycles. The van der Waals surface area contributed by atoms with Gasteiger partial charge in [-0.3, -0.25) is 9.59 Å². The topological polar surface area (TPSA) is 106 Å². The van der Waals surface area contributed by atoms with E-state index in [4.69, 9.17) is 9.47 Å². The predicted molar refractivity (Wildman–Crippen MR) is 137 cm³/mol. The summed E-state index contributed by atoms with van der Waals surface area (Å²) in [6.07, 6.45) is 4.22. The maximum absolute atomic E-state index is 12.2. The first kappa shape index (κ1) is 25.4. The summed E-state index contributed by atoms with van der Waals surface area (Å²) in [5, 5.41) is 6.28. The first-order valence-electron chi connectivity index (χ1n) is 10.6. The van der Waals surface area contributed by atoms with E-state index in [1.54, 1.807) is 48.5 Å². The van der Waals surface area contributed by atoms with Crippen LogP contribution in [0.5, 0.6) is 11.5 Å². The average Bonchev–Trinajstić information content (AvgIpc) is 2.86. The van der Waals surface area contributed by atoms with E-state index in [1.807, 2.05) is 37.3 Å². The highest BCUT2D eigenvalue weighted by molar-refractivity contribution is 9.10. The molecule has 0 saturated carbocycles. The van der Waals surface area contributed by atoms with Crippen molar-refractivity contribution in [1.82, 2.24) is 5.43 Å². The lowest BCUT2D eigenvalue weighted by atomic mass is 10.2. The summed E-state index contributed by atoms with van der Waals surface area (Å²) in [5.74, 6) is -1.55. The lowest BCUT2D eigenvalue weighted by Crippen LogP contribution is -2.32. The lowest BCUT2D eigenvalue weighted by Gasteiger charge is -2.07. The average molecular weight is 536 g/mol. The number of anilines is 1. The van der Waals surface area contributed by atoms with E-state index in [-0.39, 0.29) is 5.75 Å². The lowest BCUT2D eigenvalue weighted by molar-refractivity contribution is -0.136. The number of carbonyl (C=O) groups is 3. The van der Waals surface area contributed by atoms with Gasteiger partial charge in [-0.15, -0.1) is 0 Å². The summed E-state index contributed by atoms with van der Waals surface area (Å²) in [6.45, 7) is 2.39. The van der Waals surface area contributed by atoms with Gasteiger partial charge in [0.05, 0.1) is 12.8 Å². The van der Waals surface area contributed by atoms with Crippen LogP contribution in [0.2, 0.25) is 0 Å². The van der Waals surface area contributed by atoms with Crippen LogP contribution in [0.15, 0.2) is 88.4 Å². The van der Waals surface area contributed by atoms with Gasteiger partial charge in [0.15, 0.2) is 0 Å². The second kappa shape index (κ2) is 12.9. The molecular weight excluding hydrogens is 514 g/mol. The largest absolute Gasteiger partial charge is 0.494 e. The minimum atomic E-state index is -0.963. The molecule has 0 unspecified atom stereocenters. The summed E-state index contributed by atoms with van der Waals surface area (Å²) in [5.41, 5.74) is 3.85. The molecule has 8 nitrogen and oxygen atoms in total. The molecule has 0 spiro atoms. The monoisotopic (exact) mass is 535 g/mol. The molecule has 3 aromatic rings. The van der Waals surface area contributed by atoms with Crippen molar-refractivity contribution in [2.45, 2.75) is 6.92 Å². The Morgan fingerprint density at radius 3 is 2.43 bits per heavy atom. The number of benzene rings is 3. The van der Waals surface area contributed by atoms with E-state index in [1.165, 1.54) is 12.3 Å². The van der Waals surface area contributed by atoms with E-state index < -0.39 is 17.8 Å². The Balaban J connectivity index is 1.59. The quantitative estimate of drug-likeness (QED) is 0.110. The summed E-state index contributed by atoms with van der Waals surface area (Å²) in [4.78, 5) is 36.4. The Morgan fingerprint density at radius 1 is 0.971 bits per heavy atom. The fourth-order valence-corrected chi connectivity index (χ4v) is 3.16.